The summed E-state index contributed by atoms with van der Waals surface area (Å²) in [5, 5.41) is 12.9. The smallest absolute Gasteiger partial charge is 0.252 e. The molecule has 19 heavy (non-hydrogen) atoms. The molecule has 106 valence electrons. The lowest BCUT2D eigenvalue weighted by Gasteiger charge is -2.29. The van der Waals surface area contributed by atoms with Gasteiger partial charge < -0.3 is 10.4 Å². The standard InChI is InChI=1S/C14H19Cl2NO2/c1-3-14(4-2,9-18)8-17-13(19)10-6-5-7-11(15)12(10)16/h5-7,18H,3-4,8-9H2,1-2H3,(H,17,19). The van der Waals surface area contributed by atoms with Gasteiger partial charge in [-0.05, 0) is 25.0 Å². The summed E-state index contributed by atoms with van der Waals surface area (Å²) < 4.78 is 0. The van der Waals surface area contributed by atoms with Crippen molar-refractivity contribution < 1.29 is 9.90 Å². The number of hydrogen-bond acceptors (Lipinski definition) is 2. The maximum absolute atomic E-state index is 12.1. The van der Waals surface area contributed by atoms with Gasteiger partial charge in [0.2, 0.25) is 0 Å². The van der Waals surface area contributed by atoms with E-state index in [4.69, 9.17) is 23.2 Å². The van der Waals surface area contributed by atoms with Gasteiger partial charge in [-0.15, -0.1) is 0 Å². The minimum absolute atomic E-state index is 0.0452. The van der Waals surface area contributed by atoms with E-state index in [-0.39, 0.29) is 23.0 Å². The zero-order valence-corrected chi connectivity index (χ0v) is 12.7. The van der Waals surface area contributed by atoms with Crippen molar-refractivity contribution in [1.29, 1.82) is 0 Å². The summed E-state index contributed by atoms with van der Waals surface area (Å²) in [5.41, 5.74) is 0.0778. The molecule has 0 spiro atoms. The van der Waals surface area contributed by atoms with E-state index in [1.165, 1.54) is 0 Å². The first kappa shape index (κ1) is 16.3. The Bertz CT molecular complexity index is 437. The zero-order chi connectivity index (χ0) is 14.5. The predicted molar refractivity (Wildman–Crippen MR) is 78.9 cm³/mol. The fourth-order valence-corrected chi connectivity index (χ4v) is 2.21. The molecule has 0 saturated heterocycles. The lowest BCUT2D eigenvalue weighted by molar-refractivity contribution is 0.0851. The minimum Gasteiger partial charge on any atom is -0.396 e. The van der Waals surface area contributed by atoms with Gasteiger partial charge in [0.1, 0.15) is 0 Å². The molecule has 2 N–H and O–H groups in total. The van der Waals surface area contributed by atoms with Gasteiger partial charge in [0.15, 0.2) is 0 Å². The summed E-state index contributed by atoms with van der Waals surface area (Å²) in [4.78, 5) is 12.1. The first-order valence-electron chi connectivity index (χ1n) is 6.32. The normalized spacial score (nSPS) is 11.4. The van der Waals surface area contributed by atoms with Crippen molar-refractivity contribution in [2.75, 3.05) is 13.2 Å². The molecule has 1 amide bonds. The van der Waals surface area contributed by atoms with E-state index in [2.05, 4.69) is 5.32 Å². The molecule has 0 bridgehead atoms. The quantitative estimate of drug-likeness (QED) is 0.845. The van der Waals surface area contributed by atoms with Crippen molar-refractivity contribution in [1.82, 2.24) is 5.32 Å². The molecular weight excluding hydrogens is 285 g/mol. The van der Waals surface area contributed by atoms with E-state index in [9.17, 15) is 9.90 Å². The highest BCUT2D eigenvalue weighted by atomic mass is 35.5. The van der Waals surface area contributed by atoms with E-state index in [1.807, 2.05) is 13.8 Å². The molecule has 1 rings (SSSR count). The van der Waals surface area contributed by atoms with Gasteiger partial charge in [0.25, 0.3) is 5.91 Å². The number of nitrogens with one attached hydrogen (secondary N) is 1. The number of carbonyl (C=O) groups is 1. The number of benzene rings is 1. The van der Waals surface area contributed by atoms with Crippen LogP contribution in [0.25, 0.3) is 0 Å². The van der Waals surface area contributed by atoms with Crippen LogP contribution in [0.4, 0.5) is 0 Å². The highest BCUT2D eigenvalue weighted by Gasteiger charge is 2.26. The molecule has 0 saturated carbocycles. The monoisotopic (exact) mass is 303 g/mol. The summed E-state index contributed by atoms with van der Waals surface area (Å²) in [6, 6.07) is 4.95. The maximum atomic E-state index is 12.1. The van der Waals surface area contributed by atoms with Crippen molar-refractivity contribution in [3.05, 3.63) is 33.8 Å². The zero-order valence-electron chi connectivity index (χ0n) is 11.2. The third-order valence-electron chi connectivity index (χ3n) is 3.66. The fraction of sp³-hybridized carbons (Fsp3) is 0.500. The first-order chi connectivity index (χ1) is 8.99. The molecule has 3 nitrogen and oxygen atoms in total. The van der Waals surface area contributed by atoms with Crippen LogP contribution in [-0.4, -0.2) is 24.2 Å². The number of amides is 1. The van der Waals surface area contributed by atoms with E-state index in [0.29, 0.717) is 17.1 Å². The molecule has 0 unspecified atom stereocenters. The van der Waals surface area contributed by atoms with Crippen LogP contribution in [0.15, 0.2) is 18.2 Å². The van der Waals surface area contributed by atoms with Crippen LogP contribution in [0.1, 0.15) is 37.0 Å². The van der Waals surface area contributed by atoms with Gasteiger partial charge in [-0.1, -0.05) is 43.1 Å². The highest BCUT2D eigenvalue weighted by molar-refractivity contribution is 6.43. The topological polar surface area (TPSA) is 49.3 Å². The molecular formula is C14H19Cl2NO2. The Morgan fingerprint density at radius 2 is 1.95 bits per heavy atom. The van der Waals surface area contributed by atoms with Crippen molar-refractivity contribution in [3.8, 4) is 0 Å². The van der Waals surface area contributed by atoms with Gasteiger partial charge >= 0.3 is 0 Å². The SMILES string of the molecule is CCC(CC)(CO)CNC(=O)c1cccc(Cl)c1Cl. The number of halogens is 2. The Labute approximate surface area is 123 Å². The van der Waals surface area contributed by atoms with E-state index >= 15 is 0 Å². The molecule has 0 aromatic heterocycles. The van der Waals surface area contributed by atoms with E-state index in [1.54, 1.807) is 18.2 Å². The van der Waals surface area contributed by atoms with Crippen LogP contribution in [0, 0.1) is 5.41 Å². The Kier molecular flexibility index (Phi) is 6.11. The van der Waals surface area contributed by atoms with Crippen molar-refractivity contribution in [2.45, 2.75) is 26.7 Å². The Morgan fingerprint density at radius 3 is 2.47 bits per heavy atom. The molecule has 0 atom stereocenters. The minimum atomic E-state index is -0.277. The Hall–Kier alpha value is -0.770. The number of carbonyl (C=O) groups excluding carboxylic acids is 1. The predicted octanol–water partition coefficient (Wildman–Crippen LogP) is 3.52. The van der Waals surface area contributed by atoms with E-state index in [0.717, 1.165) is 12.8 Å². The van der Waals surface area contributed by atoms with Crippen molar-refractivity contribution >= 4 is 29.1 Å². The average molecular weight is 304 g/mol. The summed E-state index contributed by atoms with van der Waals surface area (Å²) in [7, 11) is 0. The summed E-state index contributed by atoms with van der Waals surface area (Å²) >= 11 is 11.9. The van der Waals surface area contributed by atoms with Gasteiger partial charge in [-0.25, -0.2) is 0 Å². The first-order valence-corrected chi connectivity index (χ1v) is 7.08. The molecule has 0 heterocycles. The van der Waals surface area contributed by atoms with E-state index < -0.39 is 0 Å². The number of aliphatic hydroxyl groups excluding tert-OH is 1. The van der Waals surface area contributed by atoms with Crippen LogP contribution in [-0.2, 0) is 0 Å². The molecule has 0 aliphatic rings. The van der Waals surface area contributed by atoms with Crippen LogP contribution in [0.3, 0.4) is 0 Å². The van der Waals surface area contributed by atoms with Crippen LogP contribution in [0.5, 0.6) is 0 Å². The second kappa shape index (κ2) is 7.13. The largest absolute Gasteiger partial charge is 0.396 e. The van der Waals surface area contributed by atoms with Crippen LogP contribution in [0.2, 0.25) is 10.0 Å². The molecule has 1 aromatic rings. The number of rotatable bonds is 6. The molecule has 0 radical (unpaired) electrons. The van der Waals surface area contributed by atoms with Gasteiger partial charge in [-0.2, -0.15) is 0 Å². The number of aliphatic hydroxyl groups is 1. The summed E-state index contributed by atoms with van der Waals surface area (Å²) in [6.45, 7) is 4.46. The molecule has 1 aromatic carbocycles. The van der Waals surface area contributed by atoms with Gasteiger partial charge in [0, 0.05) is 12.0 Å². The van der Waals surface area contributed by atoms with Crippen molar-refractivity contribution in [3.63, 3.8) is 0 Å². The molecule has 0 fully saturated rings. The fourth-order valence-electron chi connectivity index (χ4n) is 1.82. The van der Waals surface area contributed by atoms with Gasteiger partial charge in [0.05, 0.1) is 22.2 Å². The third kappa shape index (κ3) is 3.85. The van der Waals surface area contributed by atoms with Gasteiger partial charge in [-0.3, -0.25) is 4.79 Å². The Balaban J connectivity index is 2.78. The Morgan fingerprint density at radius 1 is 1.32 bits per heavy atom. The summed E-state index contributed by atoms with van der Waals surface area (Å²) in [6.07, 6.45) is 1.59. The van der Waals surface area contributed by atoms with Crippen molar-refractivity contribution in [2.24, 2.45) is 5.41 Å². The third-order valence-corrected chi connectivity index (χ3v) is 4.47. The lowest BCUT2D eigenvalue weighted by atomic mass is 9.83. The lowest BCUT2D eigenvalue weighted by Crippen LogP contribution is -2.39. The van der Waals surface area contributed by atoms with Crippen LogP contribution < -0.4 is 5.32 Å². The van der Waals surface area contributed by atoms with Crippen LogP contribution >= 0.6 is 23.2 Å². The second-order valence-corrected chi connectivity index (χ2v) is 5.43. The summed E-state index contributed by atoms with van der Waals surface area (Å²) in [5.74, 6) is -0.271. The maximum Gasteiger partial charge on any atom is 0.252 e. The molecule has 5 heteroatoms. The second-order valence-electron chi connectivity index (χ2n) is 4.65. The highest BCUT2D eigenvalue weighted by Crippen LogP contribution is 2.27. The molecule has 0 aliphatic heterocycles. The number of hydrogen-bond donors (Lipinski definition) is 2. The molecule has 0 aliphatic carbocycles. The average Bonchev–Trinajstić information content (AvgIpc) is 2.44.